The number of hydrogen-bond donors (Lipinski definition) is 2. The molecule has 0 saturated carbocycles. The Morgan fingerprint density at radius 3 is 2.34 bits per heavy atom. The summed E-state index contributed by atoms with van der Waals surface area (Å²) >= 11 is 0. The maximum Gasteiger partial charge on any atom is 0.407 e. The van der Waals surface area contributed by atoms with Crippen LogP contribution in [0.25, 0.3) is 0 Å². The van der Waals surface area contributed by atoms with Gasteiger partial charge in [-0.05, 0) is 45.7 Å². The van der Waals surface area contributed by atoms with Gasteiger partial charge in [-0.15, -0.1) is 0 Å². The fourth-order valence-corrected chi connectivity index (χ4v) is 3.21. The van der Waals surface area contributed by atoms with E-state index in [1.54, 1.807) is 32.9 Å². The first kappa shape index (κ1) is 25.0. The molecule has 9 nitrogen and oxygen atoms in total. The van der Waals surface area contributed by atoms with Crippen LogP contribution in [0.2, 0.25) is 0 Å². The van der Waals surface area contributed by atoms with Gasteiger partial charge in [-0.2, -0.15) is 0 Å². The van der Waals surface area contributed by atoms with Crippen LogP contribution in [0.3, 0.4) is 0 Å². The number of para-hydroxylation sites is 1. The third-order valence-corrected chi connectivity index (χ3v) is 4.68. The van der Waals surface area contributed by atoms with Crippen molar-refractivity contribution < 1.29 is 33.0 Å². The molecule has 1 fully saturated rings. The number of carbonyl (C=O) groups excluding carboxylic acids is 3. The highest BCUT2D eigenvalue weighted by molar-refractivity contribution is 5.99. The molecule has 1 aromatic carbocycles. The van der Waals surface area contributed by atoms with Gasteiger partial charge in [0.05, 0.1) is 31.7 Å². The molecule has 1 amide bonds. The Morgan fingerprint density at radius 1 is 1.12 bits per heavy atom. The van der Waals surface area contributed by atoms with Gasteiger partial charge in [-0.3, -0.25) is 0 Å². The zero-order valence-corrected chi connectivity index (χ0v) is 19.0. The summed E-state index contributed by atoms with van der Waals surface area (Å²) < 4.78 is 29.2. The van der Waals surface area contributed by atoms with Crippen molar-refractivity contribution in [2.24, 2.45) is 0 Å². The highest BCUT2D eigenvalue weighted by Gasteiger charge is 2.26. The molecule has 0 bridgehead atoms. The maximum absolute atomic E-state index is 14.7. The molecule has 10 heteroatoms. The number of benzene rings is 1. The Labute approximate surface area is 186 Å². The van der Waals surface area contributed by atoms with E-state index in [-0.39, 0.29) is 17.4 Å². The number of amides is 1. The van der Waals surface area contributed by atoms with E-state index in [1.807, 2.05) is 4.90 Å². The van der Waals surface area contributed by atoms with Crippen molar-refractivity contribution in [2.45, 2.75) is 45.3 Å². The van der Waals surface area contributed by atoms with E-state index in [2.05, 4.69) is 20.1 Å². The normalized spacial score (nSPS) is 15.1. The van der Waals surface area contributed by atoms with Crippen LogP contribution in [0.15, 0.2) is 30.0 Å². The smallest absolute Gasteiger partial charge is 0.407 e. The summed E-state index contributed by atoms with van der Waals surface area (Å²) in [5.41, 5.74) is -0.290. The Kier molecular flexibility index (Phi) is 8.45. The summed E-state index contributed by atoms with van der Waals surface area (Å²) in [6, 6.07) is 4.44. The lowest BCUT2D eigenvalue weighted by molar-refractivity contribution is -0.138. The first-order valence-electron chi connectivity index (χ1n) is 10.2. The van der Waals surface area contributed by atoms with Crippen LogP contribution in [0, 0.1) is 5.82 Å². The minimum Gasteiger partial charge on any atom is -0.466 e. The number of halogens is 1. The van der Waals surface area contributed by atoms with E-state index in [0.717, 1.165) is 20.3 Å². The van der Waals surface area contributed by atoms with Gasteiger partial charge in [0, 0.05) is 19.1 Å². The number of hydrogen-bond acceptors (Lipinski definition) is 8. The lowest BCUT2D eigenvalue weighted by atomic mass is 10.0. The molecule has 0 radical (unpaired) electrons. The Hall–Kier alpha value is -3.30. The van der Waals surface area contributed by atoms with Crippen LogP contribution in [0.4, 0.5) is 20.6 Å². The predicted molar refractivity (Wildman–Crippen MR) is 117 cm³/mol. The van der Waals surface area contributed by atoms with Crippen LogP contribution >= 0.6 is 0 Å². The number of methoxy groups -OCH3 is 2. The standard InChI is InChI=1S/C22H30FN3O6/c1-22(2,3)32-21(29)24-14-9-11-26(12-10-14)17-8-6-7-15(23)19(17)25-16(20(28)31-5)13-18(27)30-4/h6-8,13-14,25H,9-12H2,1-5H3,(H,24,29)/b16-13+. The second kappa shape index (κ2) is 10.8. The Balaban J connectivity index is 2.15. The third kappa shape index (κ3) is 7.14. The zero-order chi connectivity index (χ0) is 23.9. The molecule has 0 aromatic heterocycles. The molecule has 0 unspecified atom stereocenters. The van der Waals surface area contributed by atoms with E-state index in [4.69, 9.17) is 4.74 Å². The molecular formula is C22H30FN3O6. The van der Waals surface area contributed by atoms with Gasteiger partial charge in [0.15, 0.2) is 0 Å². The van der Waals surface area contributed by atoms with Gasteiger partial charge in [0.2, 0.25) is 0 Å². The molecule has 0 spiro atoms. The number of nitrogens with zero attached hydrogens (tertiary/aromatic N) is 1. The number of ether oxygens (including phenoxy) is 3. The predicted octanol–water partition coefficient (Wildman–Crippen LogP) is 2.96. The first-order valence-corrected chi connectivity index (χ1v) is 10.2. The van der Waals surface area contributed by atoms with Crippen molar-refractivity contribution in [2.75, 3.05) is 37.5 Å². The third-order valence-electron chi connectivity index (χ3n) is 4.68. The lowest BCUT2D eigenvalue weighted by Gasteiger charge is -2.35. The summed E-state index contributed by atoms with van der Waals surface area (Å²) in [4.78, 5) is 37.6. The highest BCUT2D eigenvalue weighted by atomic mass is 19.1. The number of rotatable bonds is 6. The molecule has 2 N–H and O–H groups in total. The monoisotopic (exact) mass is 451 g/mol. The fraction of sp³-hybridized carbons (Fsp3) is 0.500. The first-order chi connectivity index (χ1) is 15.0. The summed E-state index contributed by atoms with van der Waals surface area (Å²) in [5.74, 6) is -2.23. The number of esters is 2. The van der Waals surface area contributed by atoms with Gasteiger partial charge in [0.1, 0.15) is 17.1 Å². The molecule has 1 heterocycles. The van der Waals surface area contributed by atoms with E-state index in [9.17, 15) is 18.8 Å². The zero-order valence-electron chi connectivity index (χ0n) is 19.0. The molecule has 2 rings (SSSR count). The summed E-state index contributed by atoms with van der Waals surface area (Å²) in [6.07, 6.45) is 1.67. The lowest BCUT2D eigenvalue weighted by Crippen LogP contribution is -2.46. The molecule has 1 aliphatic rings. The Morgan fingerprint density at radius 2 is 1.78 bits per heavy atom. The number of carbonyl (C=O) groups is 3. The van der Waals surface area contributed by atoms with Gasteiger partial charge in [-0.25, -0.2) is 18.8 Å². The number of anilines is 2. The second-order valence-electron chi connectivity index (χ2n) is 8.24. The minimum absolute atomic E-state index is 0.0339. The highest BCUT2D eigenvalue weighted by Crippen LogP contribution is 2.32. The van der Waals surface area contributed by atoms with Crippen molar-refractivity contribution in [1.29, 1.82) is 0 Å². The van der Waals surface area contributed by atoms with Gasteiger partial charge < -0.3 is 29.7 Å². The largest absolute Gasteiger partial charge is 0.466 e. The average molecular weight is 451 g/mol. The van der Waals surface area contributed by atoms with Crippen LogP contribution in [0.5, 0.6) is 0 Å². The quantitative estimate of drug-likeness (QED) is 0.386. The Bertz CT molecular complexity index is 873. The van der Waals surface area contributed by atoms with Gasteiger partial charge in [-0.1, -0.05) is 6.07 Å². The molecule has 0 aliphatic carbocycles. The van der Waals surface area contributed by atoms with Crippen molar-refractivity contribution in [3.8, 4) is 0 Å². The fourth-order valence-electron chi connectivity index (χ4n) is 3.21. The minimum atomic E-state index is -0.843. The van der Waals surface area contributed by atoms with Gasteiger partial charge >= 0.3 is 18.0 Å². The van der Waals surface area contributed by atoms with Crippen LogP contribution in [-0.2, 0) is 23.8 Å². The van der Waals surface area contributed by atoms with E-state index >= 15 is 0 Å². The van der Waals surface area contributed by atoms with Crippen molar-refractivity contribution in [3.63, 3.8) is 0 Å². The maximum atomic E-state index is 14.7. The number of alkyl carbamates (subject to hydrolysis) is 1. The van der Waals surface area contributed by atoms with Crippen LogP contribution in [-0.4, -0.2) is 57.0 Å². The summed E-state index contributed by atoms with van der Waals surface area (Å²) in [7, 11) is 2.32. The van der Waals surface area contributed by atoms with Crippen molar-refractivity contribution in [3.05, 3.63) is 35.8 Å². The van der Waals surface area contributed by atoms with Crippen LogP contribution in [0.1, 0.15) is 33.6 Å². The van der Waals surface area contributed by atoms with Crippen LogP contribution < -0.4 is 15.5 Å². The average Bonchev–Trinajstić information content (AvgIpc) is 2.73. The van der Waals surface area contributed by atoms with E-state index < -0.39 is 29.5 Å². The molecule has 176 valence electrons. The summed E-state index contributed by atoms with van der Waals surface area (Å²) in [6.45, 7) is 6.46. The van der Waals surface area contributed by atoms with Crippen molar-refractivity contribution in [1.82, 2.24) is 5.32 Å². The molecular weight excluding hydrogens is 421 g/mol. The second-order valence-corrected chi connectivity index (χ2v) is 8.24. The molecule has 0 atom stereocenters. The number of nitrogens with one attached hydrogen (secondary N) is 2. The van der Waals surface area contributed by atoms with E-state index in [0.29, 0.717) is 31.6 Å². The number of piperidine rings is 1. The van der Waals surface area contributed by atoms with E-state index in [1.165, 1.54) is 6.07 Å². The van der Waals surface area contributed by atoms with Gasteiger partial charge in [0.25, 0.3) is 0 Å². The summed E-state index contributed by atoms with van der Waals surface area (Å²) in [5, 5.41) is 5.53. The topological polar surface area (TPSA) is 106 Å². The molecule has 1 saturated heterocycles. The molecule has 32 heavy (non-hydrogen) atoms. The molecule has 1 aromatic rings. The SMILES string of the molecule is COC(=O)/C=C(/Nc1c(F)cccc1N1CCC(NC(=O)OC(C)(C)C)CC1)C(=O)OC. The van der Waals surface area contributed by atoms with Crippen molar-refractivity contribution >= 4 is 29.4 Å². The molecule has 1 aliphatic heterocycles.